The Morgan fingerprint density at radius 1 is 0.812 bits per heavy atom. The Kier molecular flexibility index (Phi) is 2.26. The number of benzene rings is 1. The highest BCUT2D eigenvalue weighted by atomic mass is 16.8. The minimum absolute atomic E-state index is 0.0847. The van der Waals surface area contributed by atoms with Crippen LogP contribution in [0.3, 0.4) is 0 Å². The number of hydrogen-bond acceptors (Lipinski definition) is 4. The summed E-state index contributed by atoms with van der Waals surface area (Å²) in [6.45, 7) is 3.96. The van der Waals surface area contributed by atoms with Crippen LogP contribution in [-0.4, -0.2) is 24.8 Å². The number of epoxide rings is 2. The second kappa shape index (κ2) is 3.64. The molecule has 4 heteroatoms. The molecule has 2 saturated heterocycles. The molecule has 0 N–H and O–H groups in total. The van der Waals surface area contributed by atoms with Crippen LogP contribution in [0.2, 0.25) is 0 Å². The molecule has 0 aromatic heterocycles. The molecule has 0 amide bonds. The molecule has 2 aliphatic rings. The molecular formula is C12H14O4. The zero-order chi connectivity index (χ0) is 11.1. The van der Waals surface area contributed by atoms with Crippen molar-refractivity contribution in [3.05, 3.63) is 24.3 Å². The second-order valence-corrected chi connectivity index (χ2v) is 4.13. The molecule has 0 saturated carbocycles. The third kappa shape index (κ3) is 2.13. The van der Waals surface area contributed by atoms with Gasteiger partial charge in [-0.05, 0) is 38.1 Å². The Morgan fingerprint density at radius 3 is 1.38 bits per heavy atom. The molecule has 0 aliphatic carbocycles. The predicted octanol–water partition coefficient (Wildman–Crippen LogP) is 1.93. The van der Waals surface area contributed by atoms with Gasteiger partial charge in [-0.3, -0.25) is 0 Å². The minimum Gasteiger partial charge on any atom is -0.462 e. The van der Waals surface area contributed by atoms with Gasteiger partial charge in [-0.2, -0.15) is 0 Å². The lowest BCUT2D eigenvalue weighted by Gasteiger charge is -2.05. The SMILES string of the molecule is CC1OC1Oc1ccc(OC2OC2C)cc1. The smallest absolute Gasteiger partial charge is 0.226 e. The van der Waals surface area contributed by atoms with Crippen LogP contribution < -0.4 is 9.47 Å². The molecule has 0 bridgehead atoms. The van der Waals surface area contributed by atoms with Crippen LogP contribution in [0.1, 0.15) is 13.8 Å². The quantitative estimate of drug-likeness (QED) is 0.730. The van der Waals surface area contributed by atoms with Crippen LogP contribution >= 0.6 is 0 Å². The van der Waals surface area contributed by atoms with E-state index in [2.05, 4.69) is 0 Å². The Hall–Kier alpha value is -1.26. The first-order valence-electron chi connectivity index (χ1n) is 5.47. The standard InChI is InChI=1S/C12H14O4/c1-7-11(13-7)15-9-3-5-10(6-4-9)16-12-8(2)14-12/h3-8,11-12H,1-2H3. The average molecular weight is 222 g/mol. The molecule has 2 fully saturated rings. The summed E-state index contributed by atoms with van der Waals surface area (Å²) in [6, 6.07) is 7.49. The van der Waals surface area contributed by atoms with E-state index in [0.717, 1.165) is 11.5 Å². The van der Waals surface area contributed by atoms with E-state index in [1.54, 1.807) is 0 Å². The van der Waals surface area contributed by atoms with E-state index in [9.17, 15) is 0 Å². The van der Waals surface area contributed by atoms with Gasteiger partial charge < -0.3 is 18.9 Å². The average Bonchev–Trinajstić information content (AvgIpc) is 3.13. The van der Waals surface area contributed by atoms with Crippen molar-refractivity contribution in [2.45, 2.75) is 38.6 Å². The Morgan fingerprint density at radius 2 is 1.12 bits per heavy atom. The summed E-state index contributed by atoms with van der Waals surface area (Å²) in [5, 5.41) is 0. The number of hydrogen-bond donors (Lipinski definition) is 0. The van der Waals surface area contributed by atoms with Crippen LogP contribution in [0.5, 0.6) is 11.5 Å². The molecule has 3 rings (SSSR count). The summed E-state index contributed by atoms with van der Waals surface area (Å²) in [6.07, 6.45) is 0.241. The van der Waals surface area contributed by atoms with Crippen molar-refractivity contribution in [3.8, 4) is 11.5 Å². The number of ether oxygens (including phenoxy) is 4. The Bertz CT molecular complexity index is 338. The van der Waals surface area contributed by atoms with Gasteiger partial charge in [0.05, 0.1) is 0 Å². The largest absolute Gasteiger partial charge is 0.462 e. The topological polar surface area (TPSA) is 43.5 Å². The maximum Gasteiger partial charge on any atom is 0.226 e. The molecular weight excluding hydrogens is 208 g/mol. The third-order valence-electron chi connectivity index (χ3n) is 2.64. The first kappa shape index (κ1) is 9.93. The molecule has 2 heterocycles. The van der Waals surface area contributed by atoms with Gasteiger partial charge in [-0.15, -0.1) is 0 Å². The lowest BCUT2D eigenvalue weighted by Crippen LogP contribution is -2.02. The highest BCUT2D eigenvalue weighted by Gasteiger charge is 2.37. The molecule has 1 aromatic carbocycles. The van der Waals surface area contributed by atoms with Crippen LogP contribution in [0.15, 0.2) is 24.3 Å². The van der Waals surface area contributed by atoms with Crippen LogP contribution in [-0.2, 0) is 9.47 Å². The molecule has 0 spiro atoms. The van der Waals surface area contributed by atoms with Crippen LogP contribution in [0, 0.1) is 0 Å². The molecule has 2 aliphatic heterocycles. The van der Waals surface area contributed by atoms with E-state index < -0.39 is 0 Å². The zero-order valence-corrected chi connectivity index (χ0v) is 9.25. The first-order valence-corrected chi connectivity index (χ1v) is 5.47. The van der Waals surface area contributed by atoms with Gasteiger partial charge in [-0.25, -0.2) is 0 Å². The lowest BCUT2D eigenvalue weighted by molar-refractivity contribution is 0.173. The molecule has 16 heavy (non-hydrogen) atoms. The summed E-state index contributed by atoms with van der Waals surface area (Å²) in [5.74, 6) is 1.60. The van der Waals surface area contributed by atoms with Crippen molar-refractivity contribution in [2.75, 3.05) is 0 Å². The number of rotatable bonds is 4. The molecule has 86 valence electrons. The maximum absolute atomic E-state index is 5.53. The van der Waals surface area contributed by atoms with E-state index >= 15 is 0 Å². The van der Waals surface area contributed by atoms with Gasteiger partial charge >= 0.3 is 0 Å². The van der Waals surface area contributed by atoms with E-state index in [0.29, 0.717) is 0 Å². The summed E-state index contributed by atoms with van der Waals surface area (Å²) in [7, 11) is 0. The molecule has 4 atom stereocenters. The van der Waals surface area contributed by atoms with E-state index in [4.69, 9.17) is 18.9 Å². The van der Waals surface area contributed by atoms with Crippen molar-refractivity contribution in [3.63, 3.8) is 0 Å². The maximum atomic E-state index is 5.53. The summed E-state index contributed by atoms with van der Waals surface area (Å²) >= 11 is 0. The van der Waals surface area contributed by atoms with Gasteiger partial charge in [0, 0.05) is 0 Å². The third-order valence-corrected chi connectivity index (χ3v) is 2.64. The normalized spacial score (nSPS) is 35.6. The fourth-order valence-electron chi connectivity index (χ4n) is 1.44. The van der Waals surface area contributed by atoms with Gasteiger partial charge in [0.1, 0.15) is 23.7 Å². The van der Waals surface area contributed by atoms with E-state index in [1.165, 1.54) is 0 Å². The van der Waals surface area contributed by atoms with Gasteiger partial charge in [0.25, 0.3) is 0 Å². The monoisotopic (exact) mass is 222 g/mol. The van der Waals surface area contributed by atoms with Crippen molar-refractivity contribution in [1.29, 1.82) is 0 Å². The van der Waals surface area contributed by atoms with Crippen molar-refractivity contribution in [1.82, 2.24) is 0 Å². The van der Waals surface area contributed by atoms with Gasteiger partial charge in [0.2, 0.25) is 12.6 Å². The highest BCUT2D eigenvalue weighted by Crippen LogP contribution is 2.29. The summed E-state index contributed by atoms with van der Waals surface area (Å²) in [5.41, 5.74) is 0. The highest BCUT2D eigenvalue weighted by molar-refractivity contribution is 5.31. The molecule has 1 aromatic rings. The van der Waals surface area contributed by atoms with Gasteiger partial charge in [-0.1, -0.05) is 0 Å². The molecule has 4 unspecified atom stereocenters. The van der Waals surface area contributed by atoms with Crippen molar-refractivity contribution >= 4 is 0 Å². The molecule has 4 nitrogen and oxygen atoms in total. The van der Waals surface area contributed by atoms with Crippen LogP contribution in [0.4, 0.5) is 0 Å². The van der Waals surface area contributed by atoms with Gasteiger partial charge in [0.15, 0.2) is 0 Å². The van der Waals surface area contributed by atoms with Crippen LogP contribution in [0.25, 0.3) is 0 Å². The summed E-state index contributed by atoms with van der Waals surface area (Å²) in [4.78, 5) is 0. The van der Waals surface area contributed by atoms with Crippen molar-refractivity contribution in [2.24, 2.45) is 0 Å². The van der Waals surface area contributed by atoms with Crippen molar-refractivity contribution < 1.29 is 18.9 Å². The Labute approximate surface area is 94.1 Å². The zero-order valence-electron chi connectivity index (χ0n) is 9.25. The fraction of sp³-hybridized carbons (Fsp3) is 0.500. The minimum atomic E-state index is -0.0847. The lowest BCUT2D eigenvalue weighted by atomic mass is 10.3. The fourth-order valence-corrected chi connectivity index (χ4v) is 1.44. The predicted molar refractivity (Wildman–Crippen MR) is 56.4 cm³/mol. The van der Waals surface area contributed by atoms with E-state index in [-0.39, 0.29) is 24.8 Å². The summed E-state index contributed by atoms with van der Waals surface area (Å²) < 4.78 is 21.4. The molecule has 0 radical (unpaired) electrons. The second-order valence-electron chi connectivity index (χ2n) is 4.13. The Balaban J connectivity index is 1.57. The van der Waals surface area contributed by atoms with E-state index in [1.807, 2.05) is 38.1 Å². The first-order chi connectivity index (χ1) is 7.72.